The van der Waals surface area contributed by atoms with E-state index in [0.29, 0.717) is 5.92 Å². The van der Waals surface area contributed by atoms with Gasteiger partial charge >= 0.3 is 0 Å². The average molecular weight is 202 g/mol. The molecule has 0 radical (unpaired) electrons. The zero-order valence-electron chi connectivity index (χ0n) is 10.1. The molecule has 0 heteroatoms. The van der Waals surface area contributed by atoms with E-state index in [0.717, 1.165) is 12.8 Å². The monoisotopic (exact) mass is 202 g/mol. The third kappa shape index (κ3) is 4.33. The zero-order valence-corrected chi connectivity index (χ0v) is 10.1. The first-order chi connectivity index (χ1) is 7.09. The number of hydrogen-bond donors (Lipinski definition) is 0. The van der Waals surface area contributed by atoms with Crippen molar-refractivity contribution in [2.24, 2.45) is 5.92 Å². The topological polar surface area (TPSA) is 0 Å². The van der Waals surface area contributed by atoms with Crippen LogP contribution in [0.3, 0.4) is 0 Å². The van der Waals surface area contributed by atoms with E-state index >= 15 is 0 Å². The van der Waals surface area contributed by atoms with Gasteiger partial charge in [-0.3, -0.25) is 0 Å². The Morgan fingerprint density at radius 2 is 2.13 bits per heavy atom. The zero-order chi connectivity index (χ0) is 11.3. The lowest BCUT2D eigenvalue weighted by molar-refractivity contribution is 0.666. The molecule has 1 rings (SSSR count). The molecule has 82 valence electrons. The second kappa shape index (κ2) is 5.75. The van der Waals surface area contributed by atoms with Crippen LogP contribution in [-0.4, -0.2) is 0 Å². The Hall–Kier alpha value is -1.04. The third-order valence-corrected chi connectivity index (χ3v) is 3.01. The molecule has 0 aromatic rings. The molecule has 0 aromatic heterocycles. The summed E-state index contributed by atoms with van der Waals surface area (Å²) in [6.07, 6.45) is 11.4. The maximum Gasteiger partial charge on any atom is -0.00225 e. The Kier molecular flexibility index (Phi) is 4.61. The van der Waals surface area contributed by atoms with Gasteiger partial charge in [0.2, 0.25) is 0 Å². The molecule has 15 heavy (non-hydrogen) atoms. The highest BCUT2D eigenvalue weighted by molar-refractivity contribution is 5.20. The van der Waals surface area contributed by atoms with Crippen molar-refractivity contribution in [3.63, 3.8) is 0 Å². The van der Waals surface area contributed by atoms with Gasteiger partial charge in [-0.2, -0.15) is 0 Å². The predicted octanol–water partition coefficient (Wildman–Crippen LogP) is 4.81. The molecule has 0 N–H and O–H groups in total. The van der Waals surface area contributed by atoms with Gasteiger partial charge in [0, 0.05) is 0 Å². The molecule has 0 fully saturated rings. The van der Waals surface area contributed by atoms with Gasteiger partial charge in [0.05, 0.1) is 0 Å². The largest absolute Gasteiger partial charge is 0.0995 e. The van der Waals surface area contributed by atoms with Gasteiger partial charge in [-0.25, -0.2) is 0 Å². The highest BCUT2D eigenvalue weighted by Crippen LogP contribution is 2.22. The molecular weight excluding hydrogens is 180 g/mol. The highest BCUT2D eigenvalue weighted by atomic mass is 14.1. The molecule has 0 aromatic carbocycles. The van der Waals surface area contributed by atoms with Crippen LogP contribution in [0, 0.1) is 5.92 Å². The fourth-order valence-electron chi connectivity index (χ4n) is 1.83. The second-order valence-electron chi connectivity index (χ2n) is 4.60. The van der Waals surface area contributed by atoms with Crippen LogP contribution in [0.1, 0.15) is 39.5 Å². The Balaban J connectivity index is 2.74. The predicted molar refractivity (Wildman–Crippen MR) is 68.8 cm³/mol. The quantitative estimate of drug-likeness (QED) is 0.535. The third-order valence-electron chi connectivity index (χ3n) is 3.01. The summed E-state index contributed by atoms with van der Waals surface area (Å²) in [7, 11) is 0. The van der Waals surface area contributed by atoms with Crippen LogP contribution in [0.2, 0.25) is 0 Å². The molecule has 1 unspecified atom stereocenters. The lowest BCUT2D eigenvalue weighted by atomic mass is 9.91. The van der Waals surface area contributed by atoms with Gasteiger partial charge in [0.25, 0.3) is 0 Å². The normalized spacial score (nSPS) is 23.5. The van der Waals surface area contributed by atoms with Crippen LogP contribution >= 0.6 is 0 Å². The van der Waals surface area contributed by atoms with Crippen molar-refractivity contribution in [3.8, 4) is 0 Å². The summed E-state index contributed by atoms with van der Waals surface area (Å²) in [5, 5.41) is 0. The SMILES string of the molecule is C=C1C=CC(C(=C)C)CCC(C)=CCC1. The van der Waals surface area contributed by atoms with E-state index in [9.17, 15) is 0 Å². The van der Waals surface area contributed by atoms with E-state index in [-0.39, 0.29) is 0 Å². The van der Waals surface area contributed by atoms with E-state index in [4.69, 9.17) is 0 Å². The summed E-state index contributed by atoms with van der Waals surface area (Å²) in [6, 6.07) is 0. The fraction of sp³-hybridized carbons (Fsp3) is 0.467. The lowest BCUT2D eigenvalue weighted by Crippen LogP contribution is -1.99. The van der Waals surface area contributed by atoms with Crippen LogP contribution in [0.4, 0.5) is 0 Å². The van der Waals surface area contributed by atoms with Crippen molar-refractivity contribution in [1.29, 1.82) is 0 Å². The molecule has 1 atom stereocenters. The highest BCUT2D eigenvalue weighted by Gasteiger charge is 2.07. The summed E-state index contributed by atoms with van der Waals surface area (Å²) in [5.41, 5.74) is 3.99. The minimum Gasteiger partial charge on any atom is -0.0995 e. The van der Waals surface area contributed by atoms with Gasteiger partial charge in [0.1, 0.15) is 0 Å². The van der Waals surface area contributed by atoms with E-state index < -0.39 is 0 Å². The molecule has 0 heterocycles. The number of allylic oxidation sites excluding steroid dienone is 6. The van der Waals surface area contributed by atoms with Gasteiger partial charge in [0.15, 0.2) is 0 Å². The Bertz CT molecular complexity index is 302. The summed E-state index contributed by atoms with van der Waals surface area (Å²) in [5.74, 6) is 0.517. The van der Waals surface area contributed by atoms with Crippen molar-refractivity contribution in [3.05, 3.63) is 48.1 Å². The number of rotatable bonds is 1. The van der Waals surface area contributed by atoms with E-state index in [1.165, 1.54) is 29.6 Å². The standard InChI is InChI=1S/C15H22/c1-12(2)15-10-8-13(3)6-5-7-14(4)9-11-15/h7-8,10,15H,1,3,5-6,9,11H2,2,4H3. The second-order valence-corrected chi connectivity index (χ2v) is 4.60. The van der Waals surface area contributed by atoms with Gasteiger partial charge in [-0.05, 0) is 45.4 Å². The Labute approximate surface area is 94.1 Å². The van der Waals surface area contributed by atoms with Crippen molar-refractivity contribution < 1.29 is 0 Å². The summed E-state index contributed by atoms with van der Waals surface area (Å²) < 4.78 is 0. The molecule has 0 bridgehead atoms. The molecule has 0 nitrogen and oxygen atoms in total. The summed E-state index contributed by atoms with van der Waals surface area (Å²) >= 11 is 0. The lowest BCUT2D eigenvalue weighted by Gasteiger charge is -2.14. The molecular formula is C15H22. The Morgan fingerprint density at radius 3 is 2.80 bits per heavy atom. The minimum absolute atomic E-state index is 0.517. The van der Waals surface area contributed by atoms with Crippen LogP contribution in [0.25, 0.3) is 0 Å². The molecule has 0 saturated carbocycles. The number of hydrogen-bond acceptors (Lipinski definition) is 0. The van der Waals surface area contributed by atoms with Crippen molar-refractivity contribution in [1.82, 2.24) is 0 Å². The maximum absolute atomic E-state index is 4.06. The fourth-order valence-corrected chi connectivity index (χ4v) is 1.83. The van der Waals surface area contributed by atoms with Crippen molar-refractivity contribution in [2.45, 2.75) is 39.5 Å². The van der Waals surface area contributed by atoms with Crippen molar-refractivity contribution >= 4 is 0 Å². The smallest absolute Gasteiger partial charge is 0.00225 e. The first kappa shape index (κ1) is 12.0. The van der Waals surface area contributed by atoms with Gasteiger partial charge < -0.3 is 0 Å². The minimum atomic E-state index is 0.517. The first-order valence-corrected chi connectivity index (χ1v) is 5.76. The van der Waals surface area contributed by atoms with Crippen LogP contribution in [0.5, 0.6) is 0 Å². The Morgan fingerprint density at radius 1 is 1.40 bits per heavy atom. The molecule has 0 saturated heterocycles. The van der Waals surface area contributed by atoms with Crippen LogP contribution in [0.15, 0.2) is 48.1 Å². The van der Waals surface area contributed by atoms with Crippen LogP contribution < -0.4 is 0 Å². The van der Waals surface area contributed by atoms with E-state index in [1.807, 2.05) is 0 Å². The molecule has 0 amide bonds. The molecule has 1 aliphatic carbocycles. The molecule has 0 aliphatic heterocycles. The van der Waals surface area contributed by atoms with Crippen molar-refractivity contribution in [2.75, 3.05) is 0 Å². The summed E-state index contributed by atoms with van der Waals surface area (Å²) in [6.45, 7) is 12.5. The molecule has 0 spiro atoms. The van der Waals surface area contributed by atoms with Gasteiger partial charge in [-0.1, -0.05) is 48.1 Å². The summed E-state index contributed by atoms with van der Waals surface area (Å²) in [4.78, 5) is 0. The van der Waals surface area contributed by atoms with Crippen LogP contribution in [-0.2, 0) is 0 Å². The first-order valence-electron chi connectivity index (χ1n) is 5.76. The van der Waals surface area contributed by atoms with E-state index in [2.05, 4.69) is 45.2 Å². The van der Waals surface area contributed by atoms with E-state index in [1.54, 1.807) is 0 Å². The maximum atomic E-state index is 4.06. The molecule has 1 aliphatic rings. The van der Waals surface area contributed by atoms with Gasteiger partial charge in [-0.15, -0.1) is 0 Å². The average Bonchev–Trinajstić information content (AvgIpc) is 2.16.